The summed E-state index contributed by atoms with van der Waals surface area (Å²) < 4.78 is 5.42. The van der Waals surface area contributed by atoms with E-state index < -0.39 is 0 Å². The Hall–Kier alpha value is -1.03. The maximum atomic E-state index is 11.0. The average molecular weight is 270 g/mol. The lowest BCUT2D eigenvalue weighted by molar-refractivity contribution is 0.233. The predicted octanol–water partition coefficient (Wildman–Crippen LogP) is 2.57. The highest BCUT2D eigenvalue weighted by Crippen LogP contribution is 2.26. The fourth-order valence-corrected chi connectivity index (χ4v) is 1.80. The number of hydrogen-bond acceptors (Lipinski definition) is 2. The lowest BCUT2D eigenvalue weighted by Gasteiger charge is -2.13. The molecular weight excluding hydrogens is 258 g/mol. The van der Waals surface area contributed by atoms with Gasteiger partial charge in [-0.1, -0.05) is 12.1 Å². The molecule has 0 N–H and O–H groups in total. The molecule has 4 heteroatoms. The molecule has 0 saturated heterocycles. The van der Waals surface area contributed by atoms with Gasteiger partial charge in [0.1, 0.15) is 5.75 Å². The van der Waals surface area contributed by atoms with Gasteiger partial charge in [-0.05, 0) is 17.2 Å². The van der Waals surface area contributed by atoms with Gasteiger partial charge in [0, 0.05) is 35.9 Å². The Morgan fingerprint density at radius 3 is 3.13 bits per heavy atom. The van der Waals surface area contributed by atoms with Crippen LogP contribution in [0.2, 0.25) is 0 Å². The Kier molecular flexibility index (Phi) is 2.95. The Bertz CT molecular complexity index is 392. The van der Waals surface area contributed by atoms with Crippen LogP contribution in [0.4, 0.5) is 4.79 Å². The third kappa shape index (κ3) is 2.31. The second kappa shape index (κ2) is 4.23. The van der Waals surface area contributed by atoms with Crippen molar-refractivity contribution in [2.75, 3.05) is 13.7 Å². The van der Waals surface area contributed by atoms with Gasteiger partial charge in [0.05, 0.1) is 6.61 Å². The first kappa shape index (κ1) is 10.5. The molecule has 1 aliphatic rings. The highest BCUT2D eigenvalue weighted by molar-refractivity contribution is 9.18. The van der Waals surface area contributed by atoms with E-state index in [9.17, 15) is 4.79 Å². The van der Waals surface area contributed by atoms with Crippen molar-refractivity contribution in [1.29, 1.82) is 0 Å². The highest BCUT2D eigenvalue weighted by Gasteiger charge is 2.13. The number of fused-ring (bicyclic) bond motifs is 1. The zero-order valence-corrected chi connectivity index (χ0v) is 10.1. The van der Waals surface area contributed by atoms with E-state index in [1.54, 1.807) is 11.9 Å². The van der Waals surface area contributed by atoms with Gasteiger partial charge in [-0.15, -0.1) is 0 Å². The summed E-state index contributed by atoms with van der Waals surface area (Å²) in [5.41, 5.74) is 2.37. The van der Waals surface area contributed by atoms with E-state index in [1.807, 2.05) is 12.1 Å². The van der Waals surface area contributed by atoms with E-state index in [2.05, 4.69) is 22.0 Å². The van der Waals surface area contributed by atoms with Gasteiger partial charge in [-0.3, -0.25) is 4.79 Å². The van der Waals surface area contributed by atoms with E-state index in [0.717, 1.165) is 24.3 Å². The lowest BCUT2D eigenvalue weighted by Crippen LogP contribution is -2.19. The normalized spacial score (nSPS) is 13.2. The summed E-state index contributed by atoms with van der Waals surface area (Å²) in [5.74, 6) is 0.978. The number of carbonyl (C=O) groups excluding carboxylic acids is 1. The SMILES string of the molecule is CN(Cc1ccc2c(c1)CCO2)C(=O)Br. The van der Waals surface area contributed by atoms with Gasteiger partial charge in [0.15, 0.2) is 0 Å². The molecular formula is C11H12BrNO2. The molecule has 0 atom stereocenters. The Balaban J connectivity index is 2.13. The molecule has 0 radical (unpaired) electrons. The third-order valence-electron chi connectivity index (χ3n) is 2.47. The van der Waals surface area contributed by atoms with Gasteiger partial charge in [-0.25, -0.2) is 0 Å². The minimum Gasteiger partial charge on any atom is -0.493 e. The number of benzene rings is 1. The zero-order valence-electron chi connectivity index (χ0n) is 8.50. The fraction of sp³-hybridized carbons (Fsp3) is 0.364. The number of halogens is 1. The van der Waals surface area contributed by atoms with E-state index in [0.29, 0.717) is 6.54 Å². The number of rotatable bonds is 2. The average Bonchev–Trinajstić information content (AvgIpc) is 2.64. The minimum atomic E-state index is -0.0979. The van der Waals surface area contributed by atoms with Crippen molar-refractivity contribution in [3.63, 3.8) is 0 Å². The lowest BCUT2D eigenvalue weighted by atomic mass is 10.1. The van der Waals surface area contributed by atoms with Crippen molar-refractivity contribution in [2.24, 2.45) is 0 Å². The quantitative estimate of drug-likeness (QED) is 0.610. The van der Waals surface area contributed by atoms with Gasteiger partial charge >= 0.3 is 0 Å². The van der Waals surface area contributed by atoms with Crippen LogP contribution in [0.15, 0.2) is 18.2 Å². The van der Waals surface area contributed by atoms with Gasteiger partial charge in [-0.2, -0.15) is 0 Å². The first-order valence-electron chi connectivity index (χ1n) is 4.82. The van der Waals surface area contributed by atoms with Crippen LogP contribution in [0, 0.1) is 0 Å². The van der Waals surface area contributed by atoms with Gasteiger partial charge < -0.3 is 9.64 Å². The number of ether oxygens (including phenoxy) is 1. The van der Waals surface area contributed by atoms with Gasteiger partial charge in [0.2, 0.25) is 0 Å². The monoisotopic (exact) mass is 269 g/mol. The highest BCUT2D eigenvalue weighted by atomic mass is 79.9. The molecule has 15 heavy (non-hydrogen) atoms. The summed E-state index contributed by atoms with van der Waals surface area (Å²) in [7, 11) is 1.76. The first-order chi connectivity index (χ1) is 7.16. The van der Waals surface area contributed by atoms with Crippen LogP contribution in [0.5, 0.6) is 5.75 Å². The number of carbonyl (C=O) groups is 1. The van der Waals surface area contributed by atoms with E-state index in [-0.39, 0.29) is 4.82 Å². The second-order valence-electron chi connectivity index (χ2n) is 3.65. The second-order valence-corrected chi connectivity index (χ2v) is 4.33. The molecule has 1 aromatic carbocycles. The number of hydrogen-bond donors (Lipinski definition) is 0. The third-order valence-corrected chi connectivity index (χ3v) is 3.08. The summed E-state index contributed by atoms with van der Waals surface area (Å²) in [5, 5.41) is 0. The van der Waals surface area contributed by atoms with Crippen LogP contribution in [0.3, 0.4) is 0 Å². The predicted molar refractivity (Wildman–Crippen MR) is 61.4 cm³/mol. The molecule has 1 heterocycles. The van der Waals surface area contributed by atoms with E-state index in [4.69, 9.17) is 4.74 Å². The molecule has 3 nitrogen and oxygen atoms in total. The molecule has 0 aliphatic carbocycles. The molecule has 2 rings (SSSR count). The largest absolute Gasteiger partial charge is 0.493 e. The molecule has 80 valence electrons. The standard InChI is InChI=1S/C11H12BrNO2/c1-13(11(12)14)7-8-2-3-10-9(6-8)4-5-15-10/h2-3,6H,4-5,7H2,1H3. The van der Waals surface area contributed by atoms with Crippen molar-refractivity contribution in [2.45, 2.75) is 13.0 Å². The number of amides is 1. The molecule has 1 amide bonds. The summed E-state index contributed by atoms with van der Waals surface area (Å²) in [4.78, 5) is 12.5. The summed E-state index contributed by atoms with van der Waals surface area (Å²) in [6.45, 7) is 1.39. The maximum Gasteiger partial charge on any atom is 0.289 e. The summed E-state index contributed by atoms with van der Waals surface area (Å²) in [6, 6.07) is 6.08. The Morgan fingerprint density at radius 2 is 2.40 bits per heavy atom. The molecule has 0 aromatic heterocycles. The summed E-state index contributed by atoms with van der Waals surface area (Å²) in [6.07, 6.45) is 0.967. The first-order valence-corrected chi connectivity index (χ1v) is 5.61. The van der Waals surface area contributed by atoms with Crippen molar-refractivity contribution in [3.8, 4) is 5.75 Å². The topological polar surface area (TPSA) is 29.5 Å². The molecule has 1 aliphatic heterocycles. The molecule has 0 fully saturated rings. The van der Waals surface area contributed by atoms with Crippen LogP contribution in [0.1, 0.15) is 11.1 Å². The van der Waals surface area contributed by atoms with Crippen LogP contribution in [-0.4, -0.2) is 23.4 Å². The van der Waals surface area contributed by atoms with Crippen LogP contribution < -0.4 is 4.74 Å². The minimum absolute atomic E-state index is 0.0979. The maximum absolute atomic E-state index is 11.0. The van der Waals surface area contributed by atoms with Crippen LogP contribution >= 0.6 is 15.9 Å². The Morgan fingerprint density at radius 1 is 1.60 bits per heavy atom. The fourth-order valence-electron chi connectivity index (χ4n) is 1.67. The van der Waals surface area contributed by atoms with Crippen molar-refractivity contribution in [3.05, 3.63) is 29.3 Å². The van der Waals surface area contributed by atoms with Crippen molar-refractivity contribution < 1.29 is 9.53 Å². The Labute approximate surface area is 97.2 Å². The smallest absolute Gasteiger partial charge is 0.289 e. The number of nitrogens with zero attached hydrogens (tertiary/aromatic N) is 1. The van der Waals surface area contributed by atoms with Crippen molar-refractivity contribution in [1.82, 2.24) is 4.90 Å². The molecule has 0 bridgehead atoms. The molecule has 1 aromatic rings. The molecule has 0 unspecified atom stereocenters. The molecule has 0 spiro atoms. The molecule has 0 saturated carbocycles. The van der Waals surface area contributed by atoms with E-state index in [1.165, 1.54) is 5.56 Å². The summed E-state index contributed by atoms with van der Waals surface area (Å²) >= 11 is 2.92. The van der Waals surface area contributed by atoms with Crippen molar-refractivity contribution >= 4 is 20.7 Å². The van der Waals surface area contributed by atoms with Crippen LogP contribution in [-0.2, 0) is 13.0 Å². The van der Waals surface area contributed by atoms with Crippen LogP contribution in [0.25, 0.3) is 0 Å². The van der Waals surface area contributed by atoms with Gasteiger partial charge in [0.25, 0.3) is 4.82 Å². The van der Waals surface area contributed by atoms with E-state index >= 15 is 0 Å². The zero-order chi connectivity index (χ0) is 10.8.